The maximum atomic E-state index is 12.0. The summed E-state index contributed by atoms with van der Waals surface area (Å²) >= 11 is 0. The minimum Gasteiger partial charge on any atom is -0.497 e. The van der Waals surface area contributed by atoms with E-state index in [0.717, 1.165) is 11.3 Å². The summed E-state index contributed by atoms with van der Waals surface area (Å²) in [6, 6.07) is 14.2. The number of hydrogen-bond donors (Lipinski definition) is 1. The number of nitrogens with one attached hydrogen (secondary N) is 1. The van der Waals surface area contributed by atoms with Gasteiger partial charge in [-0.3, -0.25) is 4.79 Å². The summed E-state index contributed by atoms with van der Waals surface area (Å²) in [4.78, 5) is 24.0. The Bertz CT molecular complexity index is 725. The zero-order chi connectivity index (χ0) is 17.5. The van der Waals surface area contributed by atoms with E-state index in [1.165, 1.54) is 7.11 Å². The highest BCUT2D eigenvalue weighted by Crippen LogP contribution is 2.23. The second-order valence-corrected chi connectivity index (χ2v) is 5.60. The van der Waals surface area contributed by atoms with Crippen molar-refractivity contribution >= 4 is 17.6 Å². The molecule has 0 unspecified atom stereocenters. The van der Waals surface area contributed by atoms with Gasteiger partial charge in [-0.05, 0) is 35.7 Å². The van der Waals surface area contributed by atoms with Gasteiger partial charge in [0.2, 0.25) is 0 Å². The van der Waals surface area contributed by atoms with E-state index in [4.69, 9.17) is 9.47 Å². The van der Waals surface area contributed by atoms with Crippen molar-refractivity contribution < 1.29 is 19.1 Å². The number of carbonyl (C=O) groups is 2. The number of carbonyl (C=O) groups excluding carboxylic acids is 2. The maximum Gasteiger partial charge on any atom is 0.338 e. The van der Waals surface area contributed by atoms with Crippen molar-refractivity contribution in [2.45, 2.75) is 19.8 Å². The quantitative estimate of drug-likeness (QED) is 0.823. The van der Waals surface area contributed by atoms with Gasteiger partial charge in [0.1, 0.15) is 5.75 Å². The summed E-state index contributed by atoms with van der Waals surface area (Å²) in [5.74, 6) is -0.110. The number of hydrogen-bond acceptors (Lipinski definition) is 4. The third-order valence-electron chi connectivity index (χ3n) is 3.50. The fraction of sp³-hybridized carbons (Fsp3) is 0.263. The second-order valence-electron chi connectivity index (χ2n) is 5.60. The van der Waals surface area contributed by atoms with E-state index in [1.54, 1.807) is 24.3 Å². The molecular formula is C19H21NO4. The van der Waals surface area contributed by atoms with E-state index in [2.05, 4.69) is 5.32 Å². The number of esters is 1. The Morgan fingerprint density at radius 2 is 1.83 bits per heavy atom. The van der Waals surface area contributed by atoms with E-state index in [9.17, 15) is 9.59 Å². The lowest BCUT2D eigenvalue weighted by Gasteiger charge is -2.13. The van der Waals surface area contributed by atoms with Crippen LogP contribution in [-0.2, 0) is 9.53 Å². The van der Waals surface area contributed by atoms with Gasteiger partial charge in [0.25, 0.3) is 5.91 Å². The molecule has 0 spiro atoms. The molecule has 0 radical (unpaired) electrons. The summed E-state index contributed by atoms with van der Waals surface area (Å²) in [7, 11) is 1.52. The lowest BCUT2D eigenvalue weighted by molar-refractivity contribution is -0.119. The number of rotatable bonds is 6. The summed E-state index contributed by atoms with van der Waals surface area (Å²) in [6.07, 6.45) is 0. The number of anilines is 1. The molecule has 1 amide bonds. The summed E-state index contributed by atoms with van der Waals surface area (Å²) in [5, 5.41) is 2.78. The van der Waals surface area contributed by atoms with Gasteiger partial charge in [-0.25, -0.2) is 4.79 Å². The van der Waals surface area contributed by atoms with Gasteiger partial charge in [-0.1, -0.05) is 38.1 Å². The van der Waals surface area contributed by atoms with E-state index in [-0.39, 0.29) is 18.4 Å². The van der Waals surface area contributed by atoms with E-state index >= 15 is 0 Å². The Balaban J connectivity index is 1.95. The first-order chi connectivity index (χ1) is 11.5. The standard InChI is InChI=1S/C19H21NO4/c1-13(2)16-9-4-5-10-17(16)20-18(21)12-24-19(22)14-7-6-8-15(11-14)23-3/h4-11,13H,12H2,1-3H3,(H,20,21). The van der Waals surface area contributed by atoms with E-state index < -0.39 is 5.97 Å². The molecule has 0 saturated heterocycles. The van der Waals surface area contributed by atoms with Crippen molar-refractivity contribution in [3.63, 3.8) is 0 Å². The SMILES string of the molecule is COc1cccc(C(=O)OCC(=O)Nc2ccccc2C(C)C)c1. The van der Waals surface area contributed by atoms with Gasteiger partial charge in [0.15, 0.2) is 6.61 Å². The highest BCUT2D eigenvalue weighted by atomic mass is 16.5. The van der Waals surface area contributed by atoms with Gasteiger partial charge in [-0.2, -0.15) is 0 Å². The molecule has 2 rings (SSSR count). The smallest absolute Gasteiger partial charge is 0.338 e. The minimum absolute atomic E-state index is 0.279. The largest absolute Gasteiger partial charge is 0.497 e. The molecule has 0 aromatic heterocycles. The van der Waals surface area contributed by atoms with E-state index in [1.807, 2.05) is 38.1 Å². The van der Waals surface area contributed by atoms with E-state index in [0.29, 0.717) is 11.3 Å². The molecule has 0 aliphatic rings. The predicted octanol–water partition coefficient (Wildman–Crippen LogP) is 3.61. The van der Waals surface area contributed by atoms with Crippen LogP contribution in [0, 0.1) is 0 Å². The molecule has 0 aliphatic heterocycles. The molecule has 5 heteroatoms. The average Bonchev–Trinajstić information content (AvgIpc) is 2.60. The zero-order valence-electron chi connectivity index (χ0n) is 14.0. The average molecular weight is 327 g/mol. The van der Waals surface area contributed by atoms with Crippen molar-refractivity contribution in [3.05, 3.63) is 59.7 Å². The molecule has 0 heterocycles. The van der Waals surface area contributed by atoms with Crippen LogP contribution in [0.5, 0.6) is 5.75 Å². The third kappa shape index (κ3) is 4.59. The highest BCUT2D eigenvalue weighted by Gasteiger charge is 2.13. The van der Waals surface area contributed by atoms with Gasteiger partial charge in [0, 0.05) is 5.69 Å². The number of amides is 1. The van der Waals surface area contributed by atoms with Gasteiger partial charge >= 0.3 is 5.97 Å². The van der Waals surface area contributed by atoms with Crippen LogP contribution in [0.3, 0.4) is 0 Å². The Labute approximate surface area is 141 Å². The van der Waals surface area contributed by atoms with Crippen LogP contribution in [-0.4, -0.2) is 25.6 Å². The third-order valence-corrected chi connectivity index (χ3v) is 3.50. The van der Waals surface area contributed by atoms with Crippen molar-refractivity contribution in [1.82, 2.24) is 0 Å². The Hall–Kier alpha value is -2.82. The van der Waals surface area contributed by atoms with Crippen molar-refractivity contribution in [2.24, 2.45) is 0 Å². The van der Waals surface area contributed by atoms with Crippen LogP contribution in [0.2, 0.25) is 0 Å². The second kappa shape index (κ2) is 8.15. The Morgan fingerprint density at radius 3 is 2.54 bits per heavy atom. The first-order valence-electron chi connectivity index (χ1n) is 7.71. The predicted molar refractivity (Wildman–Crippen MR) is 92.4 cm³/mol. The molecule has 0 aliphatic carbocycles. The molecule has 126 valence electrons. The normalized spacial score (nSPS) is 10.3. The molecule has 0 fully saturated rings. The molecule has 24 heavy (non-hydrogen) atoms. The lowest BCUT2D eigenvalue weighted by Crippen LogP contribution is -2.21. The van der Waals surface area contributed by atoms with Crippen LogP contribution < -0.4 is 10.1 Å². The maximum absolute atomic E-state index is 12.0. The molecule has 0 saturated carbocycles. The fourth-order valence-corrected chi connectivity index (χ4v) is 2.27. The molecule has 1 N–H and O–H groups in total. The first kappa shape index (κ1) is 17.5. The van der Waals surface area contributed by atoms with Crippen LogP contribution in [0.25, 0.3) is 0 Å². The van der Waals surface area contributed by atoms with Gasteiger partial charge in [-0.15, -0.1) is 0 Å². The van der Waals surface area contributed by atoms with Crippen LogP contribution in [0.1, 0.15) is 35.7 Å². The number of benzene rings is 2. The molecule has 5 nitrogen and oxygen atoms in total. The topological polar surface area (TPSA) is 64.6 Å². The molecule has 2 aromatic carbocycles. The zero-order valence-corrected chi connectivity index (χ0v) is 14.0. The first-order valence-corrected chi connectivity index (χ1v) is 7.71. The highest BCUT2D eigenvalue weighted by molar-refractivity contribution is 5.96. The fourth-order valence-electron chi connectivity index (χ4n) is 2.27. The van der Waals surface area contributed by atoms with Crippen LogP contribution in [0.15, 0.2) is 48.5 Å². The summed E-state index contributed by atoms with van der Waals surface area (Å²) in [5.41, 5.74) is 2.10. The van der Waals surface area contributed by atoms with Crippen LogP contribution in [0.4, 0.5) is 5.69 Å². The number of methoxy groups -OCH3 is 1. The Kier molecular flexibility index (Phi) is 5.95. The Morgan fingerprint density at radius 1 is 1.08 bits per heavy atom. The monoisotopic (exact) mass is 327 g/mol. The molecule has 0 atom stereocenters. The lowest BCUT2D eigenvalue weighted by atomic mass is 10.0. The van der Waals surface area contributed by atoms with Crippen molar-refractivity contribution in [1.29, 1.82) is 0 Å². The van der Waals surface area contributed by atoms with Crippen LogP contribution >= 0.6 is 0 Å². The number of ether oxygens (including phenoxy) is 2. The molecule has 2 aromatic rings. The summed E-state index contributed by atoms with van der Waals surface area (Å²) in [6.45, 7) is 3.75. The number of para-hydroxylation sites is 1. The van der Waals surface area contributed by atoms with Crippen molar-refractivity contribution in [2.75, 3.05) is 19.0 Å². The molecule has 0 bridgehead atoms. The van der Waals surface area contributed by atoms with Gasteiger partial charge in [0.05, 0.1) is 12.7 Å². The van der Waals surface area contributed by atoms with Gasteiger partial charge < -0.3 is 14.8 Å². The minimum atomic E-state index is -0.568. The summed E-state index contributed by atoms with van der Waals surface area (Å²) < 4.78 is 10.1. The molecular weight excluding hydrogens is 306 g/mol. The van der Waals surface area contributed by atoms with Crippen molar-refractivity contribution in [3.8, 4) is 5.75 Å².